The highest BCUT2D eigenvalue weighted by atomic mass is 16.6. The van der Waals surface area contributed by atoms with Gasteiger partial charge in [-0.3, -0.25) is 15.1 Å². The molecule has 0 spiro atoms. The van der Waals surface area contributed by atoms with Crippen molar-refractivity contribution in [2.75, 3.05) is 5.32 Å². The molecule has 0 aliphatic heterocycles. The van der Waals surface area contributed by atoms with Gasteiger partial charge in [-0.2, -0.15) is 4.98 Å². The number of hydrogen-bond acceptors (Lipinski definition) is 6. The molecule has 21 heavy (non-hydrogen) atoms. The van der Waals surface area contributed by atoms with Gasteiger partial charge in [-0.15, -0.1) is 0 Å². The fourth-order valence-electron chi connectivity index (χ4n) is 1.96. The molecule has 1 N–H and O–H groups in total. The number of aryl methyl sites for hydroxylation is 1. The van der Waals surface area contributed by atoms with Crippen LogP contribution >= 0.6 is 0 Å². The van der Waals surface area contributed by atoms with Crippen LogP contribution < -0.4 is 5.32 Å². The maximum absolute atomic E-state index is 10.7. The third-order valence-electron chi connectivity index (χ3n) is 3.16. The quantitative estimate of drug-likeness (QED) is 0.584. The Morgan fingerprint density at radius 3 is 3.00 bits per heavy atom. The van der Waals surface area contributed by atoms with E-state index in [1.807, 2.05) is 13.0 Å². The van der Waals surface area contributed by atoms with E-state index in [4.69, 9.17) is 4.42 Å². The van der Waals surface area contributed by atoms with Crippen molar-refractivity contribution in [1.29, 1.82) is 0 Å². The summed E-state index contributed by atoms with van der Waals surface area (Å²) in [6, 6.07) is 6.57. The molecule has 0 saturated carbocycles. The van der Waals surface area contributed by atoms with Crippen molar-refractivity contribution in [2.24, 2.45) is 0 Å². The Morgan fingerprint density at radius 2 is 2.24 bits per heavy atom. The summed E-state index contributed by atoms with van der Waals surface area (Å²) in [5, 5.41) is 13.8. The number of nitrogens with zero attached hydrogens (tertiary/aromatic N) is 3. The molecule has 1 aromatic carbocycles. The Hall–Kier alpha value is -2.96. The Morgan fingerprint density at radius 1 is 1.38 bits per heavy atom. The van der Waals surface area contributed by atoms with E-state index in [9.17, 15) is 10.1 Å². The van der Waals surface area contributed by atoms with Gasteiger partial charge in [-0.05, 0) is 30.2 Å². The van der Waals surface area contributed by atoms with E-state index in [1.54, 1.807) is 18.5 Å². The molecule has 3 aromatic rings. The normalized spacial score (nSPS) is 10.7. The maximum Gasteiger partial charge on any atom is 0.295 e. The van der Waals surface area contributed by atoms with Crippen LogP contribution in [0.25, 0.3) is 11.1 Å². The minimum Gasteiger partial charge on any atom is -0.424 e. The summed E-state index contributed by atoms with van der Waals surface area (Å²) < 4.78 is 5.50. The zero-order valence-electron chi connectivity index (χ0n) is 11.2. The molecule has 2 heterocycles. The molecule has 0 aliphatic carbocycles. The van der Waals surface area contributed by atoms with Crippen molar-refractivity contribution in [3.05, 3.63) is 57.9 Å². The molecular weight excluding hydrogens is 272 g/mol. The van der Waals surface area contributed by atoms with Gasteiger partial charge in [0.15, 0.2) is 5.58 Å². The molecule has 0 atom stereocenters. The lowest BCUT2D eigenvalue weighted by Gasteiger charge is -2.04. The summed E-state index contributed by atoms with van der Waals surface area (Å²) in [7, 11) is 0. The second kappa shape index (κ2) is 5.20. The Labute approximate surface area is 119 Å². The number of aromatic nitrogens is 2. The lowest BCUT2D eigenvalue weighted by molar-refractivity contribution is -0.384. The van der Waals surface area contributed by atoms with Gasteiger partial charge in [0, 0.05) is 31.1 Å². The van der Waals surface area contributed by atoms with Crippen LogP contribution in [0.15, 0.2) is 41.1 Å². The van der Waals surface area contributed by atoms with Crippen molar-refractivity contribution in [3.8, 4) is 0 Å². The summed E-state index contributed by atoms with van der Waals surface area (Å²) in [6.07, 6.45) is 3.51. The maximum atomic E-state index is 10.7. The molecule has 0 unspecified atom stereocenters. The van der Waals surface area contributed by atoms with Gasteiger partial charge >= 0.3 is 0 Å². The average Bonchev–Trinajstić information content (AvgIpc) is 2.88. The zero-order valence-corrected chi connectivity index (χ0v) is 11.2. The molecule has 0 amide bonds. The number of non-ortho nitro benzene ring substituents is 1. The van der Waals surface area contributed by atoms with E-state index in [0.29, 0.717) is 23.7 Å². The van der Waals surface area contributed by atoms with Gasteiger partial charge in [0.05, 0.1) is 4.92 Å². The van der Waals surface area contributed by atoms with Crippen molar-refractivity contribution in [2.45, 2.75) is 13.5 Å². The van der Waals surface area contributed by atoms with Gasteiger partial charge in [-0.1, -0.05) is 0 Å². The number of rotatable bonds is 4. The van der Waals surface area contributed by atoms with E-state index in [-0.39, 0.29) is 5.69 Å². The molecule has 0 fully saturated rings. The summed E-state index contributed by atoms with van der Waals surface area (Å²) in [5.41, 5.74) is 3.10. The third kappa shape index (κ3) is 2.66. The molecule has 0 radical (unpaired) electrons. The molecule has 0 bridgehead atoms. The summed E-state index contributed by atoms with van der Waals surface area (Å²) in [6.45, 7) is 2.52. The molecule has 2 aromatic heterocycles. The first kappa shape index (κ1) is 13.0. The van der Waals surface area contributed by atoms with Crippen molar-refractivity contribution < 1.29 is 9.34 Å². The van der Waals surface area contributed by atoms with Gasteiger partial charge < -0.3 is 9.73 Å². The average molecular weight is 284 g/mol. The van der Waals surface area contributed by atoms with Crippen LogP contribution in [0.2, 0.25) is 0 Å². The highest BCUT2D eigenvalue weighted by molar-refractivity contribution is 5.77. The van der Waals surface area contributed by atoms with Crippen molar-refractivity contribution >= 4 is 22.8 Å². The van der Waals surface area contributed by atoms with Gasteiger partial charge in [0.2, 0.25) is 0 Å². The number of nitro groups is 1. The standard InChI is InChI=1S/C14H12N4O3/c1-9-4-5-15-7-10(9)8-16-14-17-12-6-11(18(19)20)2-3-13(12)21-14/h2-7H,8H2,1H3,(H,16,17). The van der Waals surface area contributed by atoms with Crippen molar-refractivity contribution in [3.63, 3.8) is 0 Å². The van der Waals surface area contributed by atoms with Crippen LogP contribution in [0.3, 0.4) is 0 Å². The first-order valence-corrected chi connectivity index (χ1v) is 6.32. The van der Waals surface area contributed by atoms with E-state index in [2.05, 4.69) is 15.3 Å². The van der Waals surface area contributed by atoms with E-state index in [1.165, 1.54) is 12.1 Å². The first-order chi connectivity index (χ1) is 10.1. The number of hydrogen-bond donors (Lipinski definition) is 1. The molecule has 7 nitrogen and oxygen atoms in total. The van der Waals surface area contributed by atoms with Gasteiger partial charge in [0.1, 0.15) is 5.52 Å². The Balaban J connectivity index is 1.82. The van der Waals surface area contributed by atoms with E-state index < -0.39 is 4.92 Å². The highest BCUT2D eigenvalue weighted by Crippen LogP contribution is 2.23. The predicted octanol–water partition coefficient (Wildman–Crippen LogP) is 3.05. The monoisotopic (exact) mass is 284 g/mol. The number of nitro benzene ring substituents is 1. The fraction of sp³-hybridized carbons (Fsp3) is 0.143. The van der Waals surface area contributed by atoms with Gasteiger partial charge in [-0.25, -0.2) is 0 Å². The second-order valence-corrected chi connectivity index (χ2v) is 4.58. The van der Waals surface area contributed by atoms with Crippen LogP contribution in [0.4, 0.5) is 11.7 Å². The second-order valence-electron chi connectivity index (χ2n) is 4.58. The SMILES string of the molecule is Cc1ccncc1CNc1nc2cc([N+](=O)[O-])ccc2o1. The molecule has 0 saturated heterocycles. The smallest absolute Gasteiger partial charge is 0.295 e. The summed E-state index contributed by atoms with van der Waals surface area (Å²) >= 11 is 0. The number of pyridine rings is 1. The van der Waals surface area contributed by atoms with Crippen LogP contribution in [-0.2, 0) is 6.54 Å². The highest BCUT2D eigenvalue weighted by Gasteiger charge is 2.11. The topological polar surface area (TPSA) is 94.1 Å². The van der Waals surface area contributed by atoms with E-state index >= 15 is 0 Å². The van der Waals surface area contributed by atoms with Gasteiger partial charge in [0.25, 0.3) is 11.7 Å². The van der Waals surface area contributed by atoms with Crippen LogP contribution in [0.1, 0.15) is 11.1 Å². The fourth-order valence-corrected chi connectivity index (χ4v) is 1.96. The lowest BCUT2D eigenvalue weighted by atomic mass is 10.2. The van der Waals surface area contributed by atoms with Crippen LogP contribution in [-0.4, -0.2) is 14.9 Å². The molecular formula is C14H12N4O3. The third-order valence-corrected chi connectivity index (χ3v) is 3.16. The minimum atomic E-state index is -0.458. The number of benzene rings is 1. The zero-order chi connectivity index (χ0) is 14.8. The van der Waals surface area contributed by atoms with Crippen molar-refractivity contribution in [1.82, 2.24) is 9.97 Å². The molecule has 3 rings (SSSR count). The number of nitrogens with one attached hydrogen (secondary N) is 1. The van der Waals surface area contributed by atoms with E-state index in [0.717, 1.165) is 11.1 Å². The lowest BCUT2D eigenvalue weighted by Crippen LogP contribution is -2.01. The molecule has 0 aliphatic rings. The van der Waals surface area contributed by atoms with Crippen LogP contribution in [0, 0.1) is 17.0 Å². The summed E-state index contributed by atoms with van der Waals surface area (Å²) in [5.74, 6) is 0. The number of anilines is 1. The number of oxazole rings is 1. The Kier molecular flexibility index (Phi) is 3.23. The van der Waals surface area contributed by atoms with Crippen LogP contribution in [0.5, 0.6) is 0 Å². The first-order valence-electron chi connectivity index (χ1n) is 6.32. The molecule has 7 heteroatoms. The number of fused-ring (bicyclic) bond motifs is 1. The molecule has 106 valence electrons. The largest absolute Gasteiger partial charge is 0.424 e. The Bertz CT molecular complexity index is 813. The minimum absolute atomic E-state index is 0.00884. The predicted molar refractivity (Wildman–Crippen MR) is 77.0 cm³/mol. The summed E-state index contributed by atoms with van der Waals surface area (Å²) in [4.78, 5) is 18.5.